The van der Waals surface area contributed by atoms with Crippen LogP contribution in [-0.4, -0.2) is 47.1 Å². The zero-order valence-corrected chi connectivity index (χ0v) is 20.7. The standard InChI is InChI=1S/C23H20ClF3N6O3S/c1-11(34)23(10-36-22(35)33-23)9-16-17(15(28)4-5-30-21(26)27)18(13-3-2-12(25)8-14(13)24)32-19(31-16)20-29-6-7-37-20/h2-8,18,21,28,30H,9-10H2,1H3,(H,31,32)(H,33,35)/b5-4-,28-15?/t18-,23-/m0/s1. The average Bonchev–Trinajstić information content (AvgIpc) is 3.49. The summed E-state index contributed by atoms with van der Waals surface area (Å²) >= 11 is 7.64. The Balaban J connectivity index is 1.89. The smallest absolute Gasteiger partial charge is 0.408 e. The first-order chi connectivity index (χ1) is 17.6. The fourth-order valence-corrected chi connectivity index (χ4v) is 4.77. The highest BCUT2D eigenvalue weighted by Crippen LogP contribution is 2.39. The largest absolute Gasteiger partial charge is 0.447 e. The van der Waals surface area contributed by atoms with E-state index < -0.39 is 35.8 Å². The summed E-state index contributed by atoms with van der Waals surface area (Å²) in [6, 6.07) is 2.67. The van der Waals surface area contributed by atoms with E-state index in [2.05, 4.69) is 20.6 Å². The molecule has 0 saturated carbocycles. The minimum atomic E-state index is -2.86. The van der Waals surface area contributed by atoms with Crippen LogP contribution in [0.3, 0.4) is 0 Å². The molecule has 4 rings (SSSR count). The van der Waals surface area contributed by atoms with Crippen molar-refractivity contribution in [3.63, 3.8) is 0 Å². The number of amides is 1. The molecule has 2 aliphatic heterocycles. The number of carbonyl (C=O) groups excluding carboxylic acids is 2. The number of aliphatic imine (C=N–C) groups is 1. The number of rotatable bonds is 9. The number of halogens is 4. The van der Waals surface area contributed by atoms with E-state index in [1.807, 2.05) is 0 Å². The van der Waals surface area contributed by atoms with E-state index in [0.717, 1.165) is 18.3 Å². The van der Waals surface area contributed by atoms with E-state index in [9.17, 15) is 22.8 Å². The minimum absolute atomic E-state index is 0.0206. The van der Waals surface area contributed by atoms with Crippen molar-refractivity contribution >= 4 is 46.4 Å². The molecule has 1 aromatic heterocycles. The van der Waals surface area contributed by atoms with Crippen LogP contribution in [0.25, 0.3) is 0 Å². The van der Waals surface area contributed by atoms with Crippen molar-refractivity contribution in [2.75, 3.05) is 6.61 Å². The summed E-state index contributed by atoms with van der Waals surface area (Å²) in [5, 5.41) is 18.4. The van der Waals surface area contributed by atoms with Gasteiger partial charge in [-0.15, -0.1) is 11.3 Å². The van der Waals surface area contributed by atoms with E-state index in [4.69, 9.17) is 21.7 Å². The first-order valence-electron chi connectivity index (χ1n) is 10.8. The predicted molar refractivity (Wildman–Crippen MR) is 131 cm³/mol. The van der Waals surface area contributed by atoms with Crippen molar-refractivity contribution in [1.29, 1.82) is 5.41 Å². The van der Waals surface area contributed by atoms with Gasteiger partial charge in [0, 0.05) is 46.1 Å². The van der Waals surface area contributed by atoms with Crippen molar-refractivity contribution in [2.45, 2.75) is 31.5 Å². The zero-order chi connectivity index (χ0) is 26.7. The number of nitrogens with zero attached hydrogens (tertiary/aromatic N) is 2. The van der Waals surface area contributed by atoms with E-state index in [-0.39, 0.29) is 40.9 Å². The van der Waals surface area contributed by atoms with Crippen molar-refractivity contribution < 1.29 is 27.5 Å². The van der Waals surface area contributed by atoms with Gasteiger partial charge in [-0.3, -0.25) is 9.79 Å². The van der Waals surface area contributed by atoms with Gasteiger partial charge in [-0.25, -0.2) is 14.2 Å². The maximum absolute atomic E-state index is 13.9. The molecule has 0 bridgehead atoms. The Morgan fingerprint density at radius 1 is 1.46 bits per heavy atom. The number of aromatic nitrogens is 1. The fraction of sp³-hybridized carbons (Fsp3) is 0.261. The van der Waals surface area contributed by atoms with Gasteiger partial charge in [0.2, 0.25) is 0 Å². The second-order valence-corrected chi connectivity index (χ2v) is 9.43. The second-order valence-electron chi connectivity index (χ2n) is 8.13. The summed E-state index contributed by atoms with van der Waals surface area (Å²) in [5.41, 5.74) is -0.930. The average molecular weight is 553 g/mol. The maximum atomic E-state index is 13.9. The molecule has 0 spiro atoms. The maximum Gasteiger partial charge on any atom is 0.408 e. The first kappa shape index (κ1) is 26.4. The number of thiazole rings is 1. The van der Waals surface area contributed by atoms with Crippen LogP contribution in [0, 0.1) is 11.2 Å². The van der Waals surface area contributed by atoms with Crippen LogP contribution < -0.4 is 16.0 Å². The molecule has 4 N–H and O–H groups in total. The summed E-state index contributed by atoms with van der Waals surface area (Å²) in [4.78, 5) is 33.5. The third-order valence-electron chi connectivity index (χ3n) is 5.72. The highest BCUT2D eigenvalue weighted by atomic mass is 35.5. The summed E-state index contributed by atoms with van der Waals surface area (Å²) < 4.78 is 44.2. The number of hydrogen-bond donors (Lipinski definition) is 4. The van der Waals surface area contributed by atoms with Gasteiger partial charge in [0.25, 0.3) is 0 Å². The fourth-order valence-electron chi connectivity index (χ4n) is 3.91. The summed E-state index contributed by atoms with van der Waals surface area (Å²) in [5.74, 6) is -0.705. The Kier molecular flexibility index (Phi) is 7.64. The van der Waals surface area contributed by atoms with Gasteiger partial charge >= 0.3 is 12.6 Å². The molecule has 0 unspecified atom stereocenters. The highest BCUT2D eigenvalue weighted by Gasteiger charge is 2.46. The van der Waals surface area contributed by atoms with Gasteiger partial charge in [0.05, 0.1) is 5.71 Å². The van der Waals surface area contributed by atoms with Crippen LogP contribution in [0.4, 0.5) is 18.0 Å². The van der Waals surface area contributed by atoms with E-state index in [1.54, 1.807) is 16.9 Å². The van der Waals surface area contributed by atoms with Gasteiger partial charge in [-0.2, -0.15) is 8.78 Å². The lowest BCUT2D eigenvalue weighted by Gasteiger charge is -2.32. The third kappa shape index (κ3) is 5.67. The van der Waals surface area contributed by atoms with Crippen molar-refractivity contribution in [1.82, 2.24) is 20.9 Å². The molecule has 1 aromatic carbocycles. The summed E-state index contributed by atoms with van der Waals surface area (Å²) in [6.45, 7) is -1.83. The van der Waals surface area contributed by atoms with Crippen LogP contribution in [0.5, 0.6) is 0 Å². The number of cyclic esters (lactones) is 1. The number of ketones is 1. The van der Waals surface area contributed by atoms with E-state index >= 15 is 0 Å². The van der Waals surface area contributed by atoms with Crippen LogP contribution in [0.15, 0.2) is 58.3 Å². The van der Waals surface area contributed by atoms with Crippen LogP contribution in [0.2, 0.25) is 5.02 Å². The number of nitrogens with one attached hydrogen (secondary N) is 4. The lowest BCUT2D eigenvalue weighted by Crippen LogP contribution is -2.52. The Bertz CT molecular complexity index is 1330. The minimum Gasteiger partial charge on any atom is -0.447 e. The van der Waals surface area contributed by atoms with Gasteiger partial charge < -0.3 is 26.1 Å². The number of hydrogen-bond acceptors (Lipinski definition) is 9. The third-order valence-corrected chi connectivity index (χ3v) is 6.83. The molecule has 14 heteroatoms. The number of carbonyl (C=O) groups is 2. The molecule has 37 heavy (non-hydrogen) atoms. The number of alkyl halides is 2. The Hall–Kier alpha value is -3.71. The molecule has 2 aliphatic rings. The molecule has 2 atom stereocenters. The van der Waals surface area contributed by atoms with E-state index in [0.29, 0.717) is 10.6 Å². The monoisotopic (exact) mass is 552 g/mol. The number of benzene rings is 1. The molecule has 194 valence electrons. The topological polar surface area (TPSA) is 129 Å². The normalized spacial score (nSPS) is 21.5. The van der Waals surface area contributed by atoms with Gasteiger partial charge in [-0.05, 0) is 25.1 Å². The Morgan fingerprint density at radius 2 is 2.24 bits per heavy atom. The molecule has 0 aliphatic carbocycles. The molecule has 1 fully saturated rings. The zero-order valence-electron chi connectivity index (χ0n) is 19.1. The number of alkyl carbamates (subject to hydrolysis) is 1. The molecule has 2 aromatic rings. The second kappa shape index (κ2) is 10.7. The quantitative estimate of drug-likeness (QED) is 0.274. The van der Waals surface area contributed by atoms with Crippen LogP contribution in [0.1, 0.15) is 30.0 Å². The number of allylic oxidation sites excluding steroid dienone is 1. The number of Topliss-reactive ketones (excluding diaryl/α,β-unsaturated/α-hetero) is 1. The SMILES string of the molecule is CC(=O)[C@]1(CC2=C(C(=N)/C=C\NC(F)F)[C@H](c3ccc(F)cc3Cl)N=C(c3nccs3)N2)COC(=O)N1. The molecular weight excluding hydrogens is 533 g/mol. The summed E-state index contributed by atoms with van der Waals surface area (Å²) in [7, 11) is 0. The molecular formula is C23H20ClF3N6O3S. The Morgan fingerprint density at radius 3 is 2.84 bits per heavy atom. The lowest BCUT2D eigenvalue weighted by atomic mass is 9.84. The molecule has 1 saturated heterocycles. The van der Waals surface area contributed by atoms with Crippen molar-refractivity contribution in [3.05, 3.63) is 74.7 Å². The van der Waals surface area contributed by atoms with Gasteiger partial charge in [0.1, 0.15) is 24.0 Å². The van der Waals surface area contributed by atoms with Crippen LogP contribution in [-0.2, 0) is 9.53 Å². The Labute approximate surface area is 218 Å². The van der Waals surface area contributed by atoms with E-state index in [1.165, 1.54) is 30.4 Å². The highest BCUT2D eigenvalue weighted by molar-refractivity contribution is 7.11. The molecule has 9 nitrogen and oxygen atoms in total. The summed E-state index contributed by atoms with van der Waals surface area (Å²) in [6.07, 6.45) is 2.63. The molecule has 0 radical (unpaired) electrons. The van der Waals surface area contributed by atoms with Crippen molar-refractivity contribution in [3.8, 4) is 0 Å². The van der Waals surface area contributed by atoms with Crippen LogP contribution >= 0.6 is 22.9 Å². The lowest BCUT2D eigenvalue weighted by molar-refractivity contribution is -0.122. The molecule has 3 heterocycles. The molecule has 1 amide bonds. The first-order valence-corrected chi connectivity index (χ1v) is 12.0. The number of amidine groups is 1. The van der Waals surface area contributed by atoms with Crippen molar-refractivity contribution in [2.24, 2.45) is 4.99 Å². The predicted octanol–water partition coefficient (Wildman–Crippen LogP) is 4.08. The van der Waals surface area contributed by atoms with Gasteiger partial charge in [0.15, 0.2) is 16.6 Å². The van der Waals surface area contributed by atoms with Gasteiger partial charge in [-0.1, -0.05) is 17.7 Å². The number of ether oxygens (including phenoxy) is 1.